The van der Waals surface area contributed by atoms with E-state index in [2.05, 4.69) is 73.7 Å². The van der Waals surface area contributed by atoms with Gasteiger partial charge < -0.3 is 0 Å². The lowest BCUT2D eigenvalue weighted by Crippen LogP contribution is -1.80. The summed E-state index contributed by atoms with van der Waals surface area (Å²) in [5.41, 5.74) is 4.00. The van der Waals surface area contributed by atoms with E-state index in [1.807, 2.05) is 94.1 Å². The van der Waals surface area contributed by atoms with E-state index in [0.717, 1.165) is 10.2 Å². The molecule has 3 heterocycles. The predicted octanol–water partition coefficient (Wildman–Crippen LogP) is 10.4. The molecule has 0 N–H and O–H groups in total. The van der Waals surface area contributed by atoms with E-state index in [-0.39, 0.29) is 0 Å². The number of benzene rings is 2. The first kappa shape index (κ1) is 23.0. The maximum absolute atomic E-state index is 2.32. The molecule has 0 amide bonds. The van der Waals surface area contributed by atoms with Crippen molar-refractivity contribution in [1.29, 1.82) is 0 Å². The van der Waals surface area contributed by atoms with Crippen molar-refractivity contribution in [2.75, 3.05) is 10.2 Å². The molecule has 0 saturated heterocycles. The molecule has 0 aromatic heterocycles. The summed E-state index contributed by atoms with van der Waals surface area (Å²) in [4.78, 5) is 0. The van der Waals surface area contributed by atoms with Crippen molar-refractivity contribution in [2.45, 2.75) is 6.92 Å². The van der Waals surface area contributed by atoms with Gasteiger partial charge in [0, 0.05) is 10.2 Å². The molecule has 31 heavy (non-hydrogen) atoms. The zero-order chi connectivity index (χ0) is 21.0. The normalized spacial score (nSPS) is 19.4. The zero-order valence-electron chi connectivity index (χ0n) is 16.5. The monoisotopic (exact) mass is 550 g/mol. The summed E-state index contributed by atoms with van der Waals surface area (Å²) in [6.45, 7) is 2.26. The van der Waals surface area contributed by atoms with Crippen LogP contribution >= 0.6 is 94.1 Å². The lowest BCUT2D eigenvalue weighted by molar-refractivity contribution is 1.58. The maximum atomic E-state index is 2.32. The molecule has 0 spiro atoms. The molecule has 0 unspecified atom stereocenters. The molecule has 2 aromatic rings. The van der Waals surface area contributed by atoms with Gasteiger partial charge in [-0.05, 0) is 29.7 Å². The summed E-state index contributed by atoms with van der Waals surface area (Å²) in [7, 11) is 0. The molecule has 158 valence electrons. The van der Waals surface area contributed by atoms with Crippen LogP contribution in [0.5, 0.6) is 0 Å². The third-order valence-electron chi connectivity index (χ3n) is 4.45. The highest BCUT2D eigenvalue weighted by Gasteiger charge is 2.28. The molecule has 3 aliphatic heterocycles. The predicted molar refractivity (Wildman–Crippen MR) is 158 cm³/mol. The fraction of sp³-hybridized carbons (Fsp3) is 0.130. The van der Waals surface area contributed by atoms with Gasteiger partial charge in [0.05, 0.1) is 25.4 Å². The molecule has 3 aliphatic rings. The van der Waals surface area contributed by atoms with Gasteiger partial charge in [-0.1, -0.05) is 108 Å². The van der Waals surface area contributed by atoms with Crippen molar-refractivity contribution in [3.63, 3.8) is 0 Å². The van der Waals surface area contributed by atoms with E-state index in [0.29, 0.717) is 0 Å². The molecule has 0 radical (unpaired) electrons. The summed E-state index contributed by atoms with van der Waals surface area (Å²) in [5, 5.41) is 2.13. The van der Waals surface area contributed by atoms with E-state index in [9.17, 15) is 0 Å². The van der Waals surface area contributed by atoms with Crippen molar-refractivity contribution >= 4 is 106 Å². The Kier molecular flexibility index (Phi) is 8.21. The van der Waals surface area contributed by atoms with Crippen LogP contribution < -0.4 is 0 Å². The zero-order valence-corrected chi connectivity index (χ0v) is 23.1. The van der Waals surface area contributed by atoms with Gasteiger partial charge in [0.2, 0.25) is 0 Å². The Morgan fingerprint density at radius 1 is 0.645 bits per heavy atom. The standard InChI is InChI=1S/C23H18S8/c1-15(17-10-6-3-7-11-17)19-30-22-23(31-19)27-14-25-21-20(24-13-26-22)28-18(29-21)12-16-8-4-2-5-9-16/h2-12H,13-14H2,1H3. The Morgan fingerprint density at radius 3 is 1.68 bits per heavy atom. The second-order valence-electron chi connectivity index (χ2n) is 6.52. The van der Waals surface area contributed by atoms with E-state index < -0.39 is 0 Å². The minimum absolute atomic E-state index is 1.07. The Balaban J connectivity index is 1.26. The largest absolute Gasteiger partial charge is 0.106 e. The highest BCUT2D eigenvalue weighted by atomic mass is 32.3. The van der Waals surface area contributed by atoms with Crippen LogP contribution in [0.4, 0.5) is 0 Å². The summed E-state index contributed by atoms with van der Waals surface area (Å²) >= 11 is 15.8. The lowest BCUT2D eigenvalue weighted by Gasteiger charge is -2.09. The van der Waals surface area contributed by atoms with Crippen LogP contribution in [0.25, 0.3) is 11.6 Å². The van der Waals surface area contributed by atoms with Gasteiger partial charge in [-0.2, -0.15) is 0 Å². The summed E-state index contributed by atoms with van der Waals surface area (Å²) in [6.07, 6.45) is 2.32. The van der Waals surface area contributed by atoms with Gasteiger partial charge in [-0.25, -0.2) is 0 Å². The van der Waals surface area contributed by atoms with Crippen LogP contribution in [0.2, 0.25) is 0 Å². The third-order valence-corrected chi connectivity index (χ3v) is 15.8. The van der Waals surface area contributed by atoms with Crippen molar-refractivity contribution in [3.8, 4) is 0 Å². The average Bonchev–Trinajstić information content (AvgIpc) is 3.39. The van der Waals surface area contributed by atoms with Crippen molar-refractivity contribution in [3.05, 3.63) is 97.2 Å². The SMILES string of the molecule is CC(=C1SC2=C(SCSC3=C(SCS2)SC(=Cc2ccccc2)S3)S1)c1ccccc1. The van der Waals surface area contributed by atoms with E-state index in [1.165, 1.54) is 42.1 Å². The first-order valence-corrected chi connectivity index (χ1v) is 16.7. The highest BCUT2D eigenvalue weighted by molar-refractivity contribution is 8.46. The molecule has 5 rings (SSSR count). The molecule has 0 saturated carbocycles. The Bertz CT molecular complexity index is 1050. The minimum atomic E-state index is 1.07. The van der Waals surface area contributed by atoms with Gasteiger partial charge in [0.25, 0.3) is 0 Å². The molecule has 0 atom stereocenters. The number of hydrogen-bond donors (Lipinski definition) is 0. The second-order valence-corrected chi connectivity index (χ2v) is 16.9. The molecule has 0 fully saturated rings. The number of rotatable bonds is 2. The molecule has 0 bridgehead atoms. The Labute approximate surface area is 218 Å². The minimum Gasteiger partial charge on any atom is -0.106 e. The smallest absolute Gasteiger partial charge is 0.0668 e. The lowest BCUT2D eigenvalue weighted by atomic mass is 10.1. The quantitative estimate of drug-likeness (QED) is 0.357. The van der Waals surface area contributed by atoms with Crippen molar-refractivity contribution < 1.29 is 0 Å². The first-order chi connectivity index (χ1) is 15.3. The van der Waals surface area contributed by atoms with Gasteiger partial charge in [-0.3, -0.25) is 0 Å². The van der Waals surface area contributed by atoms with Crippen LogP contribution in [-0.4, -0.2) is 10.2 Å². The van der Waals surface area contributed by atoms with Crippen LogP contribution in [0, 0.1) is 0 Å². The molecule has 0 aliphatic carbocycles. The van der Waals surface area contributed by atoms with Gasteiger partial charge in [0.15, 0.2) is 0 Å². The maximum Gasteiger partial charge on any atom is 0.0668 e. The van der Waals surface area contributed by atoms with E-state index in [4.69, 9.17) is 0 Å². The van der Waals surface area contributed by atoms with Gasteiger partial charge >= 0.3 is 0 Å². The van der Waals surface area contributed by atoms with Crippen LogP contribution in [-0.2, 0) is 0 Å². The van der Waals surface area contributed by atoms with Crippen molar-refractivity contribution in [1.82, 2.24) is 0 Å². The van der Waals surface area contributed by atoms with Crippen LogP contribution in [0.15, 0.2) is 86.1 Å². The van der Waals surface area contributed by atoms with E-state index in [1.54, 1.807) is 0 Å². The summed E-state index contributed by atoms with van der Waals surface area (Å²) < 4.78 is 8.73. The molecular weight excluding hydrogens is 533 g/mol. The average molecular weight is 551 g/mol. The molecule has 0 nitrogen and oxygen atoms in total. The second kappa shape index (κ2) is 11.1. The summed E-state index contributed by atoms with van der Waals surface area (Å²) in [5.74, 6) is 0. The van der Waals surface area contributed by atoms with Crippen LogP contribution in [0.3, 0.4) is 0 Å². The fourth-order valence-electron chi connectivity index (χ4n) is 2.89. The number of hydrogen-bond acceptors (Lipinski definition) is 8. The molecule has 8 heteroatoms. The summed E-state index contributed by atoms with van der Waals surface area (Å²) in [6, 6.07) is 21.4. The van der Waals surface area contributed by atoms with E-state index >= 15 is 0 Å². The van der Waals surface area contributed by atoms with Crippen LogP contribution in [0.1, 0.15) is 18.1 Å². The highest BCUT2D eigenvalue weighted by Crippen LogP contribution is 2.63. The van der Waals surface area contributed by atoms with Gasteiger partial charge in [0.1, 0.15) is 0 Å². The topological polar surface area (TPSA) is 0 Å². The molecular formula is C23H18S8. The van der Waals surface area contributed by atoms with Gasteiger partial charge in [-0.15, -0.1) is 47.0 Å². The number of allylic oxidation sites excluding steroid dienone is 1. The number of thioether (sulfide) groups is 8. The Hall–Kier alpha value is 0.200. The molecule has 2 aromatic carbocycles. The Morgan fingerprint density at radius 2 is 1.13 bits per heavy atom. The van der Waals surface area contributed by atoms with Crippen molar-refractivity contribution in [2.24, 2.45) is 0 Å². The fourth-order valence-corrected chi connectivity index (χ4v) is 15.6. The third kappa shape index (κ3) is 5.83. The first-order valence-electron chi connectivity index (χ1n) is 9.50.